The first-order chi connectivity index (χ1) is 29.0. The molecule has 0 aromatic heterocycles. The molecule has 0 N–H and O–H groups in total. The summed E-state index contributed by atoms with van der Waals surface area (Å²) < 4.78 is 16.8. The van der Waals surface area contributed by atoms with Gasteiger partial charge in [0.2, 0.25) is 0 Å². The molecule has 0 aromatic rings. The Hall–Kier alpha value is -1.59. The molecular formula is C53H102O6. The average molecular weight is 835 g/mol. The Bertz CT molecular complexity index is 874. The van der Waals surface area contributed by atoms with E-state index in [2.05, 4.69) is 20.8 Å². The number of unbranched alkanes of at least 4 members (excludes halogenated alkanes) is 38. The molecule has 0 fully saturated rings. The summed E-state index contributed by atoms with van der Waals surface area (Å²) in [6, 6.07) is 0. The van der Waals surface area contributed by atoms with Crippen molar-refractivity contribution in [1.82, 2.24) is 0 Å². The van der Waals surface area contributed by atoms with Gasteiger partial charge in [-0.15, -0.1) is 0 Å². The van der Waals surface area contributed by atoms with E-state index in [1.54, 1.807) is 0 Å². The standard InChI is InChI=1S/C53H102O6/c1-4-7-10-13-16-19-22-24-26-27-28-30-32-35-38-41-44-47-53(56)59-50(48-57-51(54)45-42-39-36-33-21-18-15-12-9-6-3)49-58-52(55)46-43-40-37-34-31-29-25-23-20-17-14-11-8-5-2/h50H,4-49H2,1-3H3/t50-/m0/s1. The molecular weight excluding hydrogens is 733 g/mol. The smallest absolute Gasteiger partial charge is 0.306 e. The predicted octanol–water partition coefficient (Wildman–Crippen LogP) is 17.2. The highest BCUT2D eigenvalue weighted by Crippen LogP contribution is 2.17. The first-order valence-corrected chi connectivity index (χ1v) is 26.5. The lowest BCUT2D eigenvalue weighted by molar-refractivity contribution is -0.167. The normalized spacial score (nSPS) is 11.8. The van der Waals surface area contributed by atoms with E-state index in [1.165, 1.54) is 205 Å². The first-order valence-electron chi connectivity index (χ1n) is 26.5. The van der Waals surface area contributed by atoms with Crippen molar-refractivity contribution in [1.29, 1.82) is 0 Å². The van der Waals surface area contributed by atoms with Gasteiger partial charge in [-0.25, -0.2) is 0 Å². The van der Waals surface area contributed by atoms with Gasteiger partial charge in [-0.1, -0.05) is 265 Å². The van der Waals surface area contributed by atoms with Crippen LogP contribution in [0.3, 0.4) is 0 Å². The Labute approximate surface area is 368 Å². The van der Waals surface area contributed by atoms with Crippen molar-refractivity contribution in [2.75, 3.05) is 13.2 Å². The molecule has 0 radical (unpaired) electrons. The van der Waals surface area contributed by atoms with E-state index >= 15 is 0 Å². The van der Waals surface area contributed by atoms with Crippen LogP contribution in [0.1, 0.15) is 303 Å². The maximum atomic E-state index is 12.8. The van der Waals surface area contributed by atoms with Crippen molar-refractivity contribution in [2.24, 2.45) is 0 Å². The predicted molar refractivity (Wildman–Crippen MR) is 252 cm³/mol. The van der Waals surface area contributed by atoms with Crippen LogP contribution in [-0.2, 0) is 28.6 Å². The molecule has 6 heteroatoms. The molecule has 0 spiro atoms. The molecule has 6 nitrogen and oxygen atoms in total. The molecule has 0 saturated carbocycles. The van der Waals surface area contributed by atoms with Crippen LogP contribution >= 0.6 is 0 Å². The topological polar surface area (TPSA) is 78.9 Å². The molecule has 0 unspecified atom stereocenters. The third kappa shape index (κ3) is 47.3. The van der Waals surface area contributed by atoms with Gasteiger partial charge in [0.1, 0.15) is 13.2 Å². The highest BCUT2D eigenvalue weighted by atomic mass is 16.6. The highest BCUT2D eigenvalue weighted by Gasteiger charge is 2.19. The fraction of sp³-hybridized carbons (Fsp3) is 0.943. The second-order valence-electron chi connectivity index (χ2n) is 18.2. The van der Waals surface area contributed by atoms with Crippen molar-refractivity contribution in [3.63, 3.8) is 0 Å². The molecule has 0 aliphatic rings. The molecule has 0 bridgehead atoms. The van der Waals surface area contributed by atoms with Crippen LogP contribution < -0.4 is 0 Å². The van der Waals surface area contributed by atoms with Gasteiger partial charge < -0.3 is 14.2 Å². The van der Waals surface area contributed by atoms with E-state index in [1.807, 2.05) is 0 Å². The second kappa shape index (κ2) is 49.1. The summed E-state index contributed by atoms with van der Waals surface area (Å²) in [6.45, 7) is 6.68. The number of hydrogen-bond donors (Lipinski definition) is 0. The Kier molecular flexibility index (Phi) is 47.7. The molecule has 1 atom stereocenters. The largest absolute Gasteiger partial charge is 0.462 e. The average Bonchev–Trinajstić information content (AvgIpc) is 3.23. The van der Waals surface area contributed by atoms with E-state index in [9.17, 15) is 14.4 Å². The van der Waals surface area contributed by atoms with Crippen molar-refractivity contribution >= 4 is 17.9 Å². The minimum absolute atomic E-state index is 0.0617. The number of ether oxygens (including phenoxy) is 3. The number of hydrogen-bond acceptors (Lipinski definition) is 6. The summed E-state index contributed by atoms with van der Waals surface area (Å²) in [6.07, 6.45) is 52.3. The Morgan fingerprint density at radius 3 is 0.678 bits per heavy atom. The zero-order valence-electron chi connectivity index (χ0n) is 40.1. The molecule has 0 rings (SSSR count). The van der Waals surface area contributed by atoms with E-state index in [0.29, 0.717) is 19.3 Å². The number of rotatable bonds is 49. The van der Waals surface area contributed by atoms with Crippen LogP contribution in [0.5, 0.6) is 0 Å². The van der Waals surface area contributed by atoms with E-state index < -0.39 is 6.10 Å². The summed E-state index contributed by atoms with van der Waals surface area (Å²) in [5, 5.41) is 0. The van der Waals surface area contributed by atoms with Crippen molar-refractivity contribution in [2.45, 2.75) is 309 Å². The van der Waals surface area contributed by atoms with Crippen molar-refractivity contribution in [3.8, 4) is 0 Å². The number of carbonyl (C=O) groups excluding carboxylic acids is 3. The molecule has 0 aliphatic carbocycles. The maximum Gasteiger partial charge on any atom is 0.306 e. The summed E-state index contributed by atoms with van der Waals surface area (Å²) in [5.74, 6) is -0.841. The minimum Gasteiger partial charge on any atom is -0.462 e. The summed E-state index contributed by atoms with van der Waals surface area (Å²) in [7, 11) is 0. The number of esters is 3. The fourth-order valence-corrected chi connectivity index (χ4v) is 8.09. The van der Waals surface area contributed by atoms with E-state index in [0.717, 1.165) is 57.8 Å². The third-order valence-electron chi connectivity index (χ3n) is 12.1. The van der Waals surface area contributed by atoms with Gasteiger partial charge in [-0.3, -0.25) is 14.4 Å². The van der Waals surface area contributed by atoms with Crippen LogP contribution in [0.25, 0.3) is 0 Å². The third-order valence-corrected chi connectivity index (χ3v) is 12.1. The summed E-state index contributed by atoms with van der Waals surface area (Å²) in [4.78, 5) is 37.9. The van der Waals surface area contributed by atoms with E-state index in [-0.39, 0.29) is 31.1 Å². The molecule has 0 aromatic carbocycles. The van der Waals surface area contributed by atoms with Crippen LogP contribution in [-0.4, -0.2) is 37.2 Å². The van der Waals surface area contributed by atoms with Gasteiger partial charge in [0, 0.05) is 19.3 Å². The summed E-state index contributed by atoms with van der Waals surface area (Å²) in [5.41, 5.74) is 0. The second-order valence-corrected chi connectivity index (χ2v) is 18.2. The maximum absolute atomic E-state index is 12.8. The van der Waals surface area contributed by atoms with Crippen molar-refractivity contribution in [3.05, 3.63) is 0 Å². The fourth-order valence-electron chi connectivity index (χ4n) is 8.09. The molecule has 350 valence electrons. The van der Waals surface area contributed by atoms with E-state index in [4.69, 9.17) is 14.2 Å². The van der Waals surface area contributed by atoms with Crippen LogP contribution in [0.2, 0.25) is 0 Å². The SMILES string of the molecule is CCCCCCCCCCCCCCCCCCCC(=O)O[C@@H](COC(=O)CCCCCCCCCCCC)COC(=O)CCCCCCCCCCCCCCCC. The number of carbonyl (C=O) groups is 3. The Morgan fingerprint density at radius 1 is 0.271 bits per heavy atom. The molecule has 59 heavy (non-hydrogen) atoms. The Balaban J connectivity index is 4.27. The highest BCUT2D eigenvalue weighted by molar-refractivity contribution is 5.71. The lowest BCUT2D eigenvalue weighted by Gasteiger charge is -2.18. The van der Waals surface area contributed by atoms with Gasteiger partial charge in [0.15, 0.2) is 6.10 Å². The minimum atomic E-state index is -0.759. The lowest BCUT2D eigenvalue weighted by Crippen LogP contribution is -2.30. The quantitative estimate of drug-likeness (QED) is 0.0345. The monoisotopic (exact) mass is 835 g/mol. The van der Waals surface area contributed by atoms with Gasteiger partial charge in [-0.2, -0.15) is 0 Å². The Morgan fingerprint density at radius 2 is 0.458 bits per heavy atom. The molecule has 0 heterocycles. The van der Waals surface area contributed by atoms with Gasteiger partial charge in [-0.05, 0) is 19.3 Å². The van der Waals surface area contributed by atoms with Gasteiger partial charge in [0.25, 0.3) is 0 Å². The lowest BCUT2D eigenvalue weighted by atomic mass is 10.0. The van der Waals surface area contributed by atoms with Crippen molar-refractivity contribution < 1.29 is 28.6 Å². The first kappa shape index (κ1) is 57.4. The molecule has 0 amide bonds. The zero-order valence-corrected chi connectivity index (χ0v) is 40.1. The van der Waals surface area contributed by atoms with Crippen LogP contribution in [0.4, 0.5) is 0 Å². The van der Waals surface area contributed by atoms with Crippen LogP contribution in [0.15, 0.2) is 0 Å². The zero-order chi connectivity index (χ0) is 43.0. The summed E-state index contributed by atoms with van der Waals surface area (Å²) >= 11 is 0. The van der Waals surface area contributed by atoms with Gasteiger partial charge in [0.05, 0.1) is 0 Å². The van der Waals surface area contributed by atoms with Crippen LogP contribution in [0, 0.1) is 0 Å². The molecule has 0 aliphatic heterocycles. The molecule has 0 saturated heterocycles. The van der Waals surface area contributed by atoms with Gasteiger partial charge >= 0.3 is 17.9 Å².